The van der Waals surface area contributed by atoms with Gasteiger partial charge in [0.2, 0.25) is 0 Å². The number of hydrogen-bond donors (Lipinski definition) is 1. The van der Waals surface area contributed by atoms with Crippen LogP contribution in [-0.4, -0.2) is 15.6 Å². The van der Waals surface area contributed by atoms with Crippen molar-refractivity contribution in [2.75, 3.05) is 5.43 Å². The smallest absolute Gasteiger partial charge is 0.271 e. The van der Waals surface area contributed by atoms with Crippen molar-refractivity contribution in [3.63, 3.8) is 0 Å². The Morgan fingerprint density at radius 2 is 2.04 bits per heavy atom. The lowest BCUT2D eigenvalue weighted by Gasteiger charge is -2.22. The van der Waals surface area contributed by atoms with Crippen LogP contribution in [0.25, 0.3) is 0 Å². The van der Waals surface area contributed by atoms with Crippen molar-refractivity contribution in [1.29, 1.82) is 0 Å². The summed E-state index contributed by atoms with van der Waals surface area (Å²) in [5.41, 5.74) is 4.92. The zero-order valence-electron chi connectivity index (χ0n) is 13.5. The number of rotatable bonds is 5. The van der Waals surface area contributed by atoms with Gasteiger partial charge in [0.05, 0.1) is 21.6 Å². The Balaban J connectivity index is 2.29. The number of nitro groups is 2. The first-order valence-electron chi connectivity index (χ1n) is 7.37. The van der Waals surface area contributed by atoms with Crippen molar-refractivity contribution in [3.05, 3.63) is 62.2 Å². The molecule has 24 heavy (non-hydrogen) atoms. The summed E-state index contributed by atoms with van der Waals surface area (Å²) in [6.07, 6.45) is 3.66. The minimum Gasteiger partial charge on any atom is -0.271 e. The zero-order valence-corrected chi connectivity index (χ0v) is 13.5. The first kappa shape index (κ1) is 17.3. The molecule has 0 aromatic heterocycles. The Labute approximate surface area is 138 Å². The molecule has 0 amide bonds. The summed E-state index contributed by atoms with van der Waals surface area (Å²) in [5.74, 6) is 0.293. The Bertz CT molecular complexity index is 767. The van der Waals surface area contributed by atoms with E-state index in [0.717, 1.165) is 29.3 Å². The Morgan fingerprint density at radius 3 is 2.62 bits per heavy atom. The molecule has 1 atom stereocenters. The molecule has 8 nitrogen and oxygen atoms in total. The zero-order chi connectivity index (χ0) is 17.9. The molecule has 0 spiro atoms. The maximum Gasteiger partial charge on any atom is 0.301 e. The molecule has 1 N–H and O–H groups in total. The van der Waals surface area contributed by atoms with Crippen LogP contribution in [0, 0.1) is 26.1 Å². The summed E-state index contributed by atoms with van der Waals surface area (Å²) < 4.78 is 0. The van der Waals surface area contributed by atoms with Crippen LogP contribution in [0.4, 0.5) is 17.1 Å². The number of anilines is 1. The van der Waals surface area contributed by atoms with Crippen molar-refractivity contribution in [1.82, 2.24) is 0 Å². The summed E-state index contributed by atoms with van der Waals surface area (Å²) >= 11 is 0. The van der Waals surface area contributed by atoms with E-state index < -0.39 is 9.85 Å². The van der Waals surface area contributed by atoms with Crippen LogP contribution in [0.3, 0.4) is 0 Å². The summed E-state index contributed by atoms with van der Waals surface area (Å²) in [6.45, 7) is 7.86. The van der Waals surface area contributed by atoms with E-state index in [1.807, 2.05) is 13.8 Å². The van der Waals surface area contributed by atoms with Crippen molar-refractivity contribution in [3.8, 4) is 0 Å². The molecule has 1 aromatic rings. The number of non-ortho nitro benzene ring substituents is 1. The lowest BCUT2D eigenvalue weighted by molar-refractivity contribution is -0.393. The Morgan fingerprint density at radius 1 is 1.33 bits per heavy atom. The minimum atomic E-state index is -0.672. The van der Waals surface area contributed by atoms with Crippen molar-refractivity contribution in [2.24, 2.45) is 11.0 Å². The van der Waals surface area contributed by atoms with Crippen LogP contribution >= 0.6 is 0 Å². The Kier molecular flexibility index (Phi) is 5.08. The monoisotopic (exact) mass is 330 g/mol. The van der Waals surface area contributed by atoms with Gasteiger partial charge in [-0.3, -0.25) is 25.7 Å². The molecule has 1 aliphatic rings. The normalized spacial score (nSPS) is 18.8. The molecule has 0 radical (unpaired) electrons. The fourth-order valence-corrected chi connectivity index (χ4v) is 2.43. The quantitative estimate of drug-likeness (QED) is 0.494. The second-order valence-electron chi connectivity index (χ2n) is 5.76. The van der Waals surface area contributed by atoms with Crippen LogP contribution in [0.2, 0.25) is 0 Å². The second-order valence-corrected chi connectivity index (χ2v) is 5.76. The van der Waals surface area contributed by atoms with E-state index in [1.165, 1.54) is 12.1 Å². The molecular weight excluding hydrogens is 312 g/mol. The first-order valence-corrected chi connectivity index (χ1v) is 7.37. The topological polar surface area (TPSA) is 111 Å². The molecule has 126 valence electrons. The SMILES string of the molecule is C=C(C)[C@H]1CC=C(C)/C(=N/Nc2ccc([N+](=O)[O-])cc2[N+](=O)[O-])C1. The van der Waals surface area contributed by atoms with E-state index in [4.69, 9.17) is 0 Å². The molecular formula is C16H18N4O4. The standard InChI is InChI=1S/C16H18N4O4/c1-10(2)12-5-4-11(3)15(8-12)18-17-14-7-6-13(19(21)22)9-16(14)20(23)24/h4,6-7,9,12,17H,1,5,8H2,2-3H3/b18-15+/t12-/m0/s1. The van der Waals surface area contributed by atoms with E-state index in [-0.39, 0.29) is 17.1 Å². The number of nitrogens with one attached hydrogen (secondary N) is 1. The van der Waals surface area contributed by atoms with Crippen LogP contribution in [0.1, 0.15) is 26.7 Å². The van der Waals surface area contributed by atoms with Crippen molar-refractivity contribution >= 4 is 22.8 Å². The predicted octanol–water partition coefficient (Wildman–Crippen LogP) is 4.20. The average molecular weight is 330 g/mol. The molecule has 0 saturated carbocycles. The highest BCUT2D eigenvalue weighted by Gasteiger charge is 2.21. The van der Waals surface area contributed by atoms with Gasteiger partial charge in [0.25, 0.3) is 5.69 Å². The Hall–Kier alpha value is -3.03. The fourth-order valence-electron chi connectivity index (χ4n) is 2.43. The van der Waals surface area contributed by atoms with Gasteiger partial charge in [-0.25, -0.2) is 0 Å². The molecule has 0 unspecified atom stereocenters. The highest BCUT2D eigenvalue weighted by Crippen LogP contribution is 2.30. The highest BCUT2D eigenvalue weighted by atomic mass is 16.6. The van der Waals surface area contributed by atoms with E-state index in [2.05, 4.69) is 23.2 Å². The molecule has 2 rings (SSSR count). The van der Waals surface area contributed by atoms with Crippen molar-refractivity contribution in [2.45, 2.75) is 26.7 Å². The van der Waals surface area contributed by atoms with Crippen LogP contribution in [-0.2, 0) is 0 Å². The van der Waals surface area contributed by atoms with Gasteiger partial charge in [-0.05, 0) is 44.2 Å². The van der Waals surface area contributed by atoms with Gasteiger partial charge in [0.15, 0.2) is 0 Å². The number of hydrogen-bond acceptors (Lipinski definition) is 6. The van der Waals surface area contributed by atoms with Gasteiger partial charge in [-0.2, -0.15) is 5.10 Å². The molecule has 0 saturated heterocycles. The molecule has 8 heteroatoms. The average Bonchev–Trinajstić information content (AvgIpc) is 2.53. The van der Waals surface area contributed by atoms with Crippen LogP contribution in [0.5, 0.6) is 0 Å². The molecule has 0 fully saturated rings. The van der Waals surface area contributed by atoms with Gasteiger partial charge in [0.1, 0.15) is 5.69 Å². The largest absolute Gasteiger partial charge is 0.301 e. The van der Waals surface area contributed by atoms with Gasteiger partial charge < -0.3 is 0 Å². The third-order valence-electron chi connectivity index (χ3n) is 4.00. The molecule has 0 aliphatic heterocycles. The summed E-state index contributed by atoms with van der Waals surface area (Å²) in [4.78, 5) is 20.5. The predicted molar refractivity (Wildman–Crippen MR) is 92.1 cm³/mol. The van der Waals surface area contributed by atoms with Gasteiger partial charge >= 0.3 is 5.69 Å². The molecule has 1 aromatic carbocycles. The maximum atomic E-state index is 11.1. The number of benzene rings is 1. The van der Waals surface area contributed by atoms with Crippen LogP contribution in [0.15, 0.2) is 47.1 Å². The maximum absolute atomic E-state index is 11.1. The molecule has 0 heterocycles. The van der Waals surface area contributed by atoms with Crippen molar-refractivity contribution < 1.29 is 9.85 Å². The van der Waals surface area contributed by atoms with E-state index in [9.17, 15) is 20.2 Å². The number of allylic oxidation sites excluding steroid dienone is 3. The number of nitrogens with zero attached hydrogens (tertiary/aromatic N) is 3. The minimum absolute atomic E-state index is 0.114. The fraction of sp³-hybridized carbons (Fsp3) is 0.312. The lowest BCUT2D eigenvalue weighted by Crippen LogP contribution is -2.16. The summed E-state index contributed by atoms with van der Waals surface area (Å²) in [5, 5.41) is 26.1. The summed E-state index contributed by atoms with van der Waals surface area (Å²) in [6, 6.07) is 3.41. The summed E-state index contributed by atoms with van der Waals surface area (Å²) in [7, 11) is 0. The number of nitro benzene ring substituents is 2. The van der Waals surface area contributed by atoms with E-state index >= 15 is 0 Å². The molecule has 0 bridgehead atoms. The van der Waals surface area contributed by atoms with Gasteiger partial charge in [-0.1, -0.05) is 18.2 Å². The highest BCUT2D eigenvalue weighted by molar-refractivity contribution is 6.01. The van der Waals surface area contributed by atoms with E-state index in [0.29, 0.717) is 12.3 Å². The van der Waals surface area contributed by atoms with Gasteiger partial charge in [-0.15, -0.1) is 0 Å². The molecule has 1 aliphatic carbocycles. The lowest BCUT2D eigenvalue weighted by atomic mass is 9.85. The van der Waals surface area contributed by atoms with Gasteiger partial charge in [0, 0.05) is 6.07 Å². The second kappa shape index (κ2) is 7.03. The van der Waals surface area contributed by atoms with Crippen LogP contribution < -0.4 is 5.43 Å². The third kappa shape index (κ3) is 3.83. The van der Waals surface area contributed by atoms with E-state index in [1.54, 1.807) is 0 Å². The first-order chi connectivity index (χ1) is 11.3. The number of hydrazone groups is 1. The third-order valence-corrected chi connectivity index (χ3v) is 4.00.